The van der Waals surface area contributed by atoms with Gasteiger partial charge in [-0.2, -0.15) is 5.10 Å². The highest BCUT2D eigenvalue weighted by Crippen LogP contribution is 2.17. The highest BCUT2D eigenvalue weighted by Gasteiger charge is 2.12. The summed E-state index contributed by atoms with van der Waals surface area (Å²) in [4.78, 5) is 12.0. The minimum absolute atomic E-state index is 0.232. The Hall–Kier alpha value is -1.49. The third-order valence-electron chi connectivity index (χ3n) is 2.34. The summed E-state index contributed by atoms with van der Waals surface area (Å²) in [6, 6.07) is 4.12. The lowest BCUT2D eigenvalue weighted by Crippen LogP contribution is -2.01. The van der Waals surface area contributed by atoms with Crippen molar-refractivity contribution in [3.05, 3.63) is 52.0 Å². The van der Waals surface area contributed by atoms with Gasteiger partial charge in [0.15, 0.2) is 5.78 Å². The molecule has 0 aliphatic heterocycles. The maximum atomic E-state index is 13.2. The SMILES string of the molecule is CCn1cc(C(=O)c2cc(F)cc(Br)c2)cn1. The lowest BCUT2D eigenvalue weighted by atomic mass is 10.1. The number of carbonyl (C=O) groups excluding carboxylic acids is 1. The predicted molar refractivity (Wildman–Crippen MR) is 65.4 cm³/mol. The van der Waals surface area contributed by atoms with Gasteiger partial charge in [-0.25, -0.2) is 4.39 Å². The largest absolute Gasteiger partial charge is 0.288 e. The van der Waals surface area contributed by atoms with Crippen LogP contribution in [0.1, 0.15) is 22.8 Å². The van der Waals surface area contributed by atoms with Gasteiger partial charge in [0.05, 0.1) is 11.8 Å². The molecule has 0 N–H and O–H groups in total. The molecule has 1 aromatic carbocycles. The molecule has 88 valence electrons. The summed E-state index contributed by atoms with van der Waals surface area (Å²) in [5.41, 5.74) is 0.775. The number of aromatic nitrogens is 2. The van der Waals surface area contributed by atoms with Gasteiger partial charge >= 0.3 is 0 Å². The number of hydrogen-bond donors (Lipinski definition) is 0. The Balaban J connectivity index is 2.36. The first-order valence-electron chi connectivity index (χ1n) is 5.13. The predicted octanol–water partition coefficient (Wildman–Crippen LogP) is 3.04. The van der Waals surface area contributed by atoms with Crippen molar-refractivity contribution in [2.75, 3.05) is 0 Å². The number of hydrogen-bond acceptors (Lipinski definition) is 2. The zero-order valence-electron chi connectivity index (χ0n) is 9.15. The zero-order valence-corrected chi connectivity index (χ0v) is 10.7. The fraction of sp³-hybridized carbons (Fsp3) is 0.167. The molecule has 0 atom stereocenters. The molecule has 0 aliphatic carbocycles. The maximum Gasteiger partial charge on any atom is 0.196 e. The van der Waals surface area contributed by atoms with E-state index >= 15 is 0 Å². The Kier molecular flexibility index (Phi) is 3.38. The van der Waals surface area contributed by atoms with Gasteiger partial charge in [0, 0.05) is 22.8 Å². The number of halogens is 2. The summed E-state index contributed by atoms with van der Waals surface area (Å²) in [5.74, 6) is -0.671. The quantitative estimate of drug-likeness (QED) is 0.816. The third-order valence-corrected chi connectivity index (χ3v) is 2.80. The first-order chi connectivity index (χ1) is 8.10. The average molecular weight is 297 g/mol. The summed E-state index contributed by atoms with van der Waals surface area (Å²) >= 11 is 3.16. The van der Waals surface area contributed by atoms with Crippen molar-refractivity contribution >= 4 is 21.7 Å². The van der Waals surface area contributed by atoms with Crippen LogP contribution < -0.4 is 0 Å². The Labute approximate surface area is 106 Å². The number of benzene rings is 1. The molecule has 1 aromatic heterocycles. The van der Waals surface area contributed by atoms with E-state index in [2.05, 4.69) is 21.0 Å². The Bertz CT molecular complexity index is 545. The minimum Gasteiger partial charge on any atom is -0.288 e. The lowest BCUT2D eigenvalue weighted by Gasteiger charge is -1.99. The molecule has 0 saturated carbocycles. The molecule has 0 unspecified atom stereocenters. The van der Waals surface area contributed by atoms with Crippen LogP contribution in [-0.4, -0.2) is 15.6 Å². The Morgan fingerprint density at radius 2 is 2.18 bits per heavy atom. The molecular weight excluding hydrogens is 287 g/mol. The van der Waals surface area contributed by atoms with Crippen molar-refractivity contribution in [1.82, 2.24) is 9.78 Å². The van der Waals surface area contributed by atoms with Crippen LogP contribution in [0.25, 0.3) is 0 Å². The second-order valence-electron chi connectivity index (χ2n) is 3.57. The van der Waals surface area contributed by atoms with Crippen LogP contribution >= 0.6 is 15.9 Å². The van der Waals surface area contributed by atoms with E-state index in [9.17, 15) is 9.18 Å². The van der Waals surface area contributed by atoms with Crippen LogP contribution in [0.3, 0.4) is 0 Å². The molecule has 2 rings (SSSR count). The van der Waals surface area contributed by atoms with E-state index in [1.165, 1.54) is 18.3 Å². The molecule has 3 nitrogen and oxygen atoms in total. The molecule has 17 heavy (non-hydrogen) atoms. The van der Waals surface area contributed by atoms with Crippen molar-refractivity contribution in [1.29, 1.82) is 0 Å². The second-order valence-corrected chi connectivity index (χ2v) is 4.49. The Morgan fingerprint density at radius 1 is 1.41 bits per heavy atom. The number of aryl methyl sites for hydroxylation is 1. The minimum atomic E-state index is -0.439. The molecule has 0 aliphatic rings. The van der Waals surface area contributed by atoms with Crippen LogP contribution in [0.4, 0.5) is 4.39 Å². The fourth-order valence-electron chi connectivity index (χ4n) is 1.51. The molecule has 1 heterocycles. The molecule has 0 bridgehead atoms. The van der Waals surface area contributed by atoms with E-state index in [-0.39, 0.29) is 5.78 Å². The maximum absolute atomic E-state index is 13.2. The first-order valence-corrected chi connectivity index (χ1v) is 5.92. The number of rotatable bonds is 3. The monoisotopic (exact) mass is 296 g/mol. The van der Waals surface area contributed by atoms with Crippen molar-refractivity contribution in [2.45, 2.75) is 13.5 Å². The van der Waals surface area contributed by atoms with E-state index in [0.717, 1.165) is 0 Å². The van der Waals surface area contributed by atoms with Gasteiger partial charge in [0.1, 0.15) is 5.82 Å². The normalized spacial score (nSPS) is 10.5. The molecule has 0 amide bonds. The van der Waals surface area contributed by atoms with Crippen LogP contribution in [0.2, 0.25) is 0 Å². The van der Waals surface area contributed by atoms with Crippen molar-refractivity contribution in [3.8, 4) is 0 Å². The molecule has 0 spiro atoms. The molecular formula is C12H10BrFN2O. The van der Waals surface area contributed by atoms with Gasteiger partial charge in [0.25, 0.3) is 0 Å². The van der Waals surface area contributed by atoms with E-state index in [0.29, 0.717) is 22.1 Å². The summed E-state index contributed by atoms with van der Waals surface area (Å²) in [6.45, 7) is 2.63. The Morgan fingerprint density at radius 3 is 2.76 bits per heavy atom. The van der Waals surface area contributed by atoms with Gasteiger partial charge in [-0.1, -0.05) is 15.9 Å². The van der Waals surface area contributed by atoms with E-state index in [4.69, 9.17) is 0 Å². The molecule has 2 aromatic rings. The molecule has 0 fully saturated rings. The van der Waals surface area contributed by atoms with Crippen molar-refractivity contribution in [2.24, 2.45) is 0 Å². The van der Waals surface area contributed by atoms with Gasteiger partial charge in [0.2, 0.25) is 0 Å². The van der Waals surface area contributed by atoms with E-state index < -0.39 is 5.82 Å². The van der Waals surface area contributed by atoms with Gasteiger partial charge in [-0.05, 0) is 25.1 Å². The van der Waals surface area contributed by atoms with Crippen LogP contribution in [-0.2, 0) is 6.54 Å². The van der Waals surface area contributed by atoms with Crippen LogP contribution in [0.5, 0.6) is 0 Å². The van der Waals surface area contributed by atoms with Gasteiger partial charge in [-0.3, -0.25) is 9.48 Å². The van der Waals surface area contributed by atoms with Gasteiger partial charge in [-0.15, -0.1) is 0 Å². The van der Waals surface area contributed by atoms with E-state index in [1.807, 2.05) is 6.92 Å². The van der Waals surface area contributed by atoms with Crippen molar-refractivity contribution < 1.29 is 9.18 Å². The third kappa shape index (κ3) is 2.61. The summed E-state index contributed by atoms with van der Waals surface area (Å²) in [5, 5.41) is 4.02. The smallest absolute Gasteiger partial charge is 0.196 e. The van der Waals surface area contributed by atoms with Crippen LogP contribution in [0, 0.1) is 5.82 Å². The fourth-order valence-corrected chi connectivity index (χ4v) is 1.97. The number of nitrogens with zero attached hydrogens (tertiary/aromatic N) is 2. The number of carbonyl (C=O) groups is 1. The standard InChI is InChI=1S/C12H10BrFN2O/c1-2-16-7-9(6-15-16)12(17)8-3-10(13)5-11(14)4-8/h3-7H,2H2,1H3. The molecule has 0 saturated heterocycles. The highest BCUT2D eigenvalue weighted by molar-refractivity contribution is 9.10. The van der Waals surface area contributed by atoms with Crippen molar-refractivity contribution in [3.63, 3.8) is 0 Å². The molecule has 0 radical (unpaired) electrons. The topological polar surface area (TPSA) is 34.9 Å². The lowest BCUT2D eigenvalue weighted by molar-refractivity contribution is 0.103. The summed E-state index contributed by atoms with van der Waals surface area (Å²) < 4.78 is 15.4. The molecule has 5 heteroatoms. The summed E-state index contributed by atoms with van der Waals surface area (Å²) in [7, 11) is 0. The summed E-state index contributed by atoms with van der Waals surface area (Å²) in [6.07, 6.45) is 3.14. The number of ketones is 1. The van der Waals surface area contributed by atoms with Gasteiger partial charge < -0.3 is 0 Å². The second kappa shape index (κ2) is 4.79. The zero-order chi connectivity index (χ0) is 12.4. The first kappa shape index (κ1) is 12.0. The highest BCUT2D eigenvalue weighted by atomic mass is 79.9. The van der Waals surface area contributed by atoms with E-state index in [1.54, 1.807) is 16.9 Å². The average Bonchev–Trinajstić information content (AvgIpc) is 2.75. The van der Waals surface area contributed by atoms with Crippen LogP contribution in [0.15, 0.2) is 35.1 Å².